The second-order valence-corrected chi connectivity index (χ2v) is 12.1. The van der Waals surface area contributed by atoms with Crippen LogP contribution in [0.5, 0.6) is 0 Å². The minimum absolute atomic E-state index is 0.0805. The van der Waals surface area contributed by atoms with E-state index in [1.165, 1.54) is 17.0 Å². The molecule has 0 aliphatic rings. The number of carbonyl (C=O) groups is 2. The molecule has 0 aliphatic heterocycles. The van der Waals surface area contributed by atoms with Crippen molar-refractivity contribution in [2.45, 2.75) is 51.1 Å². The standard InChI is InChI=1S/C29H34BrN3O4S/c1-5-31-29(35)22(4)32(19-23-11-15-25(30)16-12-23)28(34)20-33(26-17-13-24(14-18-26)21(2)3)38(36,37)27-9-7-6-8-10-27/h6-18,21-22H,5,19-20H2,1-4H3,(H,31,35)/t22-/m1/s1. The van der Waals surface area contributed by atoms with Crippen molar-refractivity contribution >= 4 is 43.5 Å². The minimum atomic E-state index is -4.07. The zero-order valence-corrected chi connectivity index (χ0v) is 24.5. The molecule has 0 aromatic heterocycles. The van der Waals surface area contributed by atoms with E-state index in [0.717, 1.165) is 19.9 Å². The first-order valence-corrected chi connectivity index (χ1v) is 14.8. The number of halogens is 1. The molecule has 9 heteroatoms. The van der Waals surface area contributed by atoms with Gasteiger partial charge in [0, 0.05) is 17.6 Å². The lowest BCUT2D eigenvalue weighted by Crippen LogP contribution is -2.51. The largest absolute Gasteiger partial charge is 0.355 e. The smallest absolute Gasteiger partial charge is 0.264 e. The van der Waals surface area contributed by atoms with Crippen molar-refractivity contribution in [1.29, 1.82) is 0 Å². The third kappa shape index (κ3) is 7.23. The van der Waals surface area contributed by atoms with E-state index in [0.29, 0.717) is 12.2 Å². The Kier molecular flexibility index (Phi) is 10.1. The van der Waals surface area contributed by atoms with Crippen molar-refractivity contribution in [1.82, 2.24) is 10.2 Å². The number of nitrogens with zero attached hydrogens (tertiary/aromatic N) is 2. The maximum Gasteiger partial charge on any atom is 0.264 e. The van der Waals surface area contributed by atoms with Gasteiger partial charge in [0.1, 0.15) is 12.6 Å². The molecular weight excluding hydrogens is 566 g/mol. The summed E-state index contributed by atoms with van der Waals surface area (Å²) in [5, 5.41) is 2.76. The molecule has 202 valence electrons. The highest BCUT2D eigenvalue weighted by Crippen LogP contribution is 2.26. The fourth-order valence-electron chi connectivity index (χ4n) is 3.96. The fraction of sp³-hybridized carbons (Fsp3) is 0.310. The summed E-state index contributed by atoms with van der Waals surface area (Å²) in [6.07, 6.45) is 0. The van der Waals surface area contributed by atoms with Crippen LogP contribution < -0.4 is 9.62 Å². The number of hydrogen-bond acceptors (Lipinski definition) is 4. The summed E-state index contributed by atoms with van der Waals surface area (Å²) in [6.45, 7) is 7.67. The van der Waals surface area contributed by atoms with Crippen LogP contribution in [0.3, 0.4) is 0 Å². The normalized spacial score (nSPS) is 12.2. The number of hydrogen-bond donors (Lipinski definition) is 1. The maximum atomic E-state index is 13.8. The number of carbonyl (C=O) groups excluding carboxylic acids is 2. The van der Waals surface area contributed by atoms with E-state index in [2.05, 4.69) is 35.1 Å². The Morgan fingerprint density at radius 1 is 0.895 bits per heavy atom. The topological polar surface area (TPSA) is 86.8 Å². The Morgan fingerprint density at radius 2 is 1.50 bits per heavy atom. The van der Waals surface area contributed by atoms with Gasteiger partial charge in [-0.15, -0.1) is 0 Å². The van der Waals surface area contributed by atoms with Crippen LogP contribution >= 0.6 is 15.9 Å². The molecule has 0 spiro atoms. The fourth-order valence-corrected chi connectivity index (χ4v) is 5.66. The second-order valence-electron chi connectivity index (χ2n) is 9.29. The molecule has 0 aliphatic carbocycles. The number of sulfonamides is 1. The van der Waals surface area contributed by atoms with Crippen molar-refractivity contribution in [2.24, 2.45) is 0 Å². The minimum Gasteiger partial charge on any atom is -0.355 e. The van der Waals surface area contributed by atoms with Gasteiger partial charge in [0.25, 0.3) is 10.0 Å². The van der Waals surface area contributed by atoms with Crippen LogP contribution in [0, 0.1) is 0 Å². The summed E-state index contributed by atoms with van der Waals surface area (Å²) in [6, 6.07) is 21.8. The van der Waals surface area contributed by atoms with Gasteiger partial charge in [-0.3, -0.25) is 13.9 Å². The third-order valence-corrected chi connectivity index (χ3v) is 8.56. The van der Waals surface area contributed by atoms with Crippen LogP contribution in [0.25, 0.3) is 0 Å². The molecule has 0 bridgehead atoms. The second kappa shape index (κ2) is 13.1. The Hall–Kier alpha value is -3.17. The van der Waals surface area contributed by atoms with E-state index >= 15 is 0 Å². The van der Waals surface area contributed by atoms with Gasteiger partial charge in [-0.2, -0.15) is 0 Å². The zero-order valence-electron chi connectivity index (χ0n) is 22.1. The lowest BCUT2D eigenvalue weighted by Gasteiger charge is -2.32. The van der Waals surface area contributed by atoms with Crippen LogP contribution in [0.4, 0.5) is 5.69 Å². The highest BCUT2D eigenvalue weighted by Gasteiger charge is 2.32. The molecular formula is C29H34BrN3O4S. The number of anilines is 1. The number of amides is 2. The molecule has 1 N–H and O–H groups in total. The van der Waals surface area contributed by atoms with Crippen molar-refractivity contribution in [3.63, 3.8) is 0 Å². The molecule has 1 atom stereocenters. The predicted octanol–water partition coefficient (Wildman–Crippen LogP) is 5.32. The summed E-state index contributed by atoms with van der Waals surface area (Å²) in [7, 11) is -4.07. The van der Waals surface area contributed by atoms with Crippen LogP contribution in [0.1, 0.15) is 44.7 Å². The molecule has 0 saturated carbocycles. The van der Waals surface area contributed by atoms with E-state index in [9.17, 15) is 18.0 Å². The first-order chi connectivity index (χ1) is 18.0. The monoisotopic (exact) mass is 599 g/mol. The summed E-state index contributed by atoms with van der Waals surface area (Å²) in [5.41, 5.74) is 2.25. The Balaban J connectivity index is 2.02. The Morgan fingerprint density at radius 3 is 2.05 bits per heavy atom. The van der Waals surface area contributed by atoms with Crippen LogP contribution in [0.15, 0.2) is 88.2 Å². The summed E-state index contributed by atoms with van der Waals surface area (Å²) >= 11 is 3.41. The predicted molar refractivity (Wildman–Crippen MR) is 154 cm³/mol. The molecule has 0 fully saturated rings. The van der Waals surface area contributed by atoms with Crippen LogP contribution in [-0.4, -0.2) is 44.3 Å². The van der Waals surface area contributed by atoms with Gasteiger partial charge in [-0.25, -0.2) is 8.42 Å². The van der Waals surface area contributed by atoms with E-state index in [4.69, 9.17) is 0 Å². The molecule has 3 aromatic rings. The number of benzene rings is 3. The van der Waals surface area contributed by atoms with E-state index in [1.54, 1.807) is 44.2 Å². The summed E-state index contributed by atoms with van der Waals surface area (Å²) in [4.78, 5) is 28.1. The van der Waals surface area contributed by atoms with Crippen molar-refractivity contribution < 1.29 is 18.0 Å². The number of nitrogens with one attached hydrogen (secondary N) is 1. The lowest BCUT2D eigenvalue weighted by atomic mass is 10.0. The van der Waals surface area contributed by atoms with Gasteiger partial charge in [0.15, 0.2) is 0 Å². The molecule has 0 heterocycles. The first-order valence-electron chi connectivity index (χ1n) is 12.5. The van der Waals surface area contributed by atoms with Gasteiger partial charge in [-0.1, -0.05) is 72.2 Å². The summed E-state index contributed by atoms with van der Waals surface area (Å²) < 4.78 is 29.6. The maximum absolute atomic E-state index is 13.8. The van der Waals surface area contributed by atoms with Crippen molar-refractivity contribution in [3.8, 4) is 0 Å². The number of rotatable bonds is 11. The molecule has 0 radical (unpaired) electrons. The molecule has 7 nitrogen and oxygen atoms in total. The highest BCUT2D eigenvalue weighted by molar-refractivity contribution is 9.10. The SMILES string of the molecule is CCNC(=O)[C@@H](C)N(Cc1ccc(Br)cc1)C(=O)CN(c1ccc(C(C)C)cc1)S(=O)(=O)c1ccccc1. The van der Waals surface area contributed by atoms with Crippen LogP contribution in [-0.2, 0) is 26.2 Å². The van der Waals surface area contributed by atoms with E-state index in [1.807, 2.05) is 36.4 Å². The molecule has 0 unspecified atom stereocenters. The Labute approximate surface area is 234 Å². The van der Waals surface area contributed by atoms with Gasteiger partial charge in [0.05, 0.1) is 10.6 Å². The highest BCUT2D eigenvalue weighted by atomic mass is 79.9. The lowest BCUT2D eigenvalue weighted by molar-refractivity contribution is -0.139. The van der Waals surface area contributed by atoms with Crippen molar-refractivity contribution in [3.05, 3.63) is 94.5 Å². The molecule has 0 saturated heterocycles. The van der Waals surface area contributed by atoms with Gasteiger partial charge >= 0.3 is 0 Å². The van der Waals surface area contributed by atoms with Gasteiger partial charge in [-0.05, 0) is 67.3 Å². The Bertz CT molecular complexity index is 1330. The average molecular weight is 601 g/mol. The third-order valence-electron chi connectivity index (χ3n) is 6.24. The van der Waals surface area contributed by atoms with Crippen molar-refractivity contribution in [2.75, 3.05) is 17.4 Å². The van der Waals surface area contributed by atoms with Crippen LogP contribution in [0.2, 0.25) is 0 Å². The van der Waals surface area contributed by atoms with E-state index in [-0.39, 0.29) is 23.3 Å². The summed E-state index contributed by atoms with van der Waals surface area (Å²) in [5.74, 6) is -0.528. The van der Waals surface area contributed by atoms with Gasteiger partial charge in [0.2, 0.25) is 11.8 Å². The zero-order chi connectivity index (χ0) is 27.9. The molecule has 3 rings (SSSR count). The number of likely N-dealkylation sites (N-methyl/N-ethyl adjacent to an activating group) is 1. The molecule has 2 amide bonds. The molecule has 38 heavy (non-hydrogen) atoms. The average Bonchev–Trinajstić information content (AvgIpc) is 2.91. The van der Waals surface area contributed by atoms with Gasteiger partial charge < -0.3 is 10.2 Å². The first kappa shape index (κ1) is 29.4. The quantitative estimate of drug-likeness (QED) is 0.323. The molecule has 3 aromatic carbocycles. The van der Waals surface area contributed by atoms with E-state index < -0.39 is 28.5 Å².